The first-order chi connectivity index (χ1) is 15.0. The van der Waals surface area contributed by atoms with Crippen LogP contribution in [-0.2, 0) is 4.79 Å². The number of benzene rings is 2. The highest BCUT2D eigenvalue weighted by Gasteiger charge is 2.38. The first-order valence-corrected chi connectivity index (χ1v) is 9.98. The molecule has 5 rings (SSSR count). The fraction of sp³-hybridized carbons (Fsp3) is 0.273. The number of fused-ring (bicyclic) bond motifs is 2. The smallest absolute Gasteiger partial charge is 0.300 e. The summed E-state index contributed by atoms with van der Waals surface area (Å²) in [5.41, 5.74) is 2.90. The Kier molecular flexibility index (Phi) is 4.67. The maximum atomic E-state index is 12.7. The van der Waals surface area contributed by atoms with Crippen molar-refractivity contribution in [2.45, 2.75) is 13.0 Å². The SMILES string of the molecule is C[C@H](c1ccc(-n2cncn2)cc1)N(C)CN1C(=O)C(=O)c2cc3c(cc21)OCCO3. The summed E-state index contributed by atoms with van der Waals surface area (Å²) in [6.45, 7) is 3.18. The third kappa shape index (κ3) is 3.32. The van der Waals surface area contributed by atoms with Crippen LogP contribution in [0.2, 0.25) is 0 Å². The van der Waals surface area contributed by atoms with Crippen molar-refractivity contribution in [1.29, 1.82) is 0 Å². The van der Waals surface area contributed by atoms with Crippen LogP contribution in [0.25, 0.3) is 5.69 Å². The van der Waals surface area contributed by atoms with Crippen molar-refractivity contribution >= 4 is 17.4 Å². The maximum absolute atomic E-state index is 12.7. The number of hydrogen-bond acceptors (Lipinski definition) is 7. The van der Waals surface area contributed by atoms with Crippen molar-refractivity contribution < 1.29 is 19.1 Å². The Morgan fingerprint density at radius 1 is 1.10 bits per heavy atom. The quantitative estimate of drug-likeness (QED) is 0.586. The minimum Gasteiger partial charge on any atom is -0.486 e. The van der Waals surface area contributed by atoms with Gasteiger partial charge < -0.3 is 9.47 Å². The molecule has 0 bridgehead atoms. The second-order valence-electron chi connectivity index (χ2n) is 7.58. The molecule has 0 radical (unpaired) electrons. The molecule has 1 aromatic heterocycles. The van der Waals surface area contributed by atoms with Gasteiger partial charge in [-0.3, -0.25) is 19.4 Å². The van der Waals surface area contributed by atoms with Gasteiger partial charge in [0, 0.05) is 12.1 Å². The fourth-order valence-corrected chi connectivity index (χ4v) is 3.82. The van der Waals surface area contributed by atoms with Crippen molar-refractivity contribution in [3.63, 3.8) is 0 Å². The van der Waals surface area contributed by atoms with Gasteiger partial charge in [-0.1, -0.05) is 12.1 Å². The van der Waals surface area contributed by atoms with Crippen LogP contribution in [0.5, 0.6) is 11.5 Å². The van der Waals surface area contributed by atoms with Crippen LogP contribution in [0.4, 0.5) is 5.69 Å². The van der Waals surface area contributed by atoms with Gasteiger partial charge in [0.2, 0.25) is 0 Å². The van der Waals surface area contributed by atoms with Gasteiger partial charge in [0.15, 0.2) is 11.5 Å². The molecule has 3 aromatic rings. The topological polar surface area (TPSA) is 89.8 Å². The largest absolute Gasteiger partial charge is 0.486 e. The minimum absolute atomic E-state index is 0.00830. The summed E-state index contributed by atoms with van der Waals surface area (Å²) >= 11 is 0. The van der Waals surface area contributed by atoms with Crippen molar-refractivity contribution in [3.8, 4) is 17.2 Å². The van der Waals surface area contributed by atoms with Crippen LogP contribution in [0.3, 0.4) is 0 Å². The molecule has 1 atom stereocenters. The predicted molar refractivity (Wildman–Crippen MR) is 112 cm³/mol. The number of ether oxygens (including phenoxy) is 2. The molecule has 0 aliphatic carbocycles. The van der Waals surface area contributed by atoms with Gasteiger partial charge in [0.05, 0.1) is 23.6 Å². The highest BCUT2D eigenvalue weighted by molar-refractivity contribution is 6.52. The van der Waals surface area contributed by atoms with E-state index in [1.54, 1.807) is 23.1 Å². The Morgan fingerprint density at radius 2 is 1.81 bits per heavy atom. The van der Waals surface area contributed by atoms with Gasteiger partial charge in [-0.15, -0.1) is 0 Å². The van der Waals surface area contributed by atoms with E-state index in [9.17, 15) is 9.59 Å². The molecule has 0 spiro atoms. The zero-order valence-corrected chi connectivity index (χ0v) is 17.2. The monoisotopic (exact) mass is 419 g/mol. The molecule has 3 heterocycles. The second-order valence-corrected chi connectivity index (χ2v) is 7.58. The summed E-state index contributed by atoms with van der Waals surface area (Å²) in [5, 5.41) is 4.13. The predicted octanol–water partition coefficient (Wildman–Crippen LogP) is 2.22. The molecule has 0 unspecified atom stereocenters. The van der Waals surface area contributed by atoms with E-state index in [1.807, 2.05) is 36.2 Å². The van der Waals surface area contributed by atoms with Crippen molar-refractivity contribution in [2.24, 2.45) is 0 Å². The van der Waals surface area contributed by atoms with E-state index in [0.717, 1.165) is 11.3 Å². The maximum Gasteiger partial charge on any atom is 0.300 e. The summed E-state index contributed by atoms with van der Waals surface area (Å²) in [6, 6.07) is 11.3. The lowest BCUT2D eigenvalue weighted by Crippen LogP contribution is -2.40. The van der Waals surface area contributed by atoms with Crippen LogP contribution in [0, 0.1) is 0 Å². The van der Waals surface area contributed by atoms with Gasteiger partial charge in [-0.05, 0) is 37.7 Å². The lowest BCUT2D eigenvalue weighted by molar-refractivity contribution is -0.114. The van der Waals surface area contributed by atoms with Crippen molar-refractivity contribution in [3.05, 3.63) is 60.2 Å². The third-order valence-corrected chi connectivity index (χ3v) is 5.72. The number of ketones is 1. The standard InChI is InChI=1S/C22H21N5O4/c1-14(15-3-5-16(6-4-15)27-12-23-11-24-27)25(2)13-26-18-10-20-19(30-7-8-31-20)9-17(18)21(28)22(26)29/h3-6,9-12,14H,7-8,13H2,1-2H3/t14-/m1/s1. The number of amides is 1. The van der Waals surface area contributed by atoms with Gasteiger partial charge in [0.1, 0.15) is 25.9 Å². The molecule has 2 aliphatic rings. The number of Topliss-reactive ketones (excluding diaryl/α,β-unsaturated/α-hetero) is 1. The van der Waals surface area contributed by atoms with E-state index in [0.29, 0.717) is 36.0 Å². The van der Waals surface area contributed by atoms with Gasteiger partial charge in [-0.25, -0.2) is 9.67 Å². The number of carbonyl (C=O) groups is 2. The highest BCUT2D eigenvalue weighted by atomic mass is 16.6. The van der Waals surface area contributed by atoms with E-state index in [-0.39, 0.29) is 12.7 Å². The summed E-state index contributed by atoms with van der Waals surface area (Å²) in [6.07, 6.45) is 3.14. The molecule has 1 amide bonds. The summed E-state index contributed by atoms with van der Waals surface area (Å²) in [5.74, 6) is -0.0118. The lowest BCUT2D eigenvalue weighted by Gasteiger charge is -2.30. The molecule has 2 aliphatic heterocycles. The molecular weight excluding hydrogens is 398 g/mol. The van der Waals surface area contributed by atoms with Crippen LogP contribution in [0.1, 0.15) is 28.9 Å². The van der Waals surface area contributed by atoms with E-state index >= 15 is 0 Å². The van der Waals surface area contributed by atoms with Gasteiger partial charge >= 0.3 is 5.91 Å². The normalized spacial score (nSPS) is 16.0. The fourth-order valence-electron chi connectivity index (χ4n) is 3.82. The molecule has 31 heavy (non-hydrogen) atoms. The van der Waals surface area contributed by atoms with E-state index < -0.39 is 11.7 Å². The van der Waals surface area contributed by atoms with Crippen LogP contribution >= 0.6 is 0 Å². The summed E-state index contributed by atoms with van der Waals surface area (Å²) in [4.78, 5) is 32.7. The molecule has 9 heteroatoms. The average molecular weight is 419 g/mol. The minimum atomic E-state index is -0.544. The second kappa shape index (κ2) is 7.51. The van der Waals surface area contributed by atoms with E-state index in [4.69, 9.17) is 9.47 Å². The molecule has 9 nitrogen and oxygen atoms in total. The van der Waals surface area contributed by atoms with Crippen molar-refractivity contribution in [1.82, 2.24) is 19.7 Å². The molecule has 0 fully saturated rings. The zero-order valence-electron chi connectivity index (χ0n) is 17.2. The first kappa shape index (κ1) is 19.3. The Labute approximate surface area is 178 Å². The highest BCUT2D eigenvalue weighted by Crippen LogP contribution is 2.40. The number of rotatable bonds is 5. The van der Waals surface area contributed by atoms with Crippen LogP contribution in [0.15, 0.2) is 49.1 Å². The molecule has 2 aromatic carbocycles. The summed E-state index contributed by atoms with van der Waals surface area (Å²) in [7, 11) is 1.92. The Hall–Kier alpha value is -3.72. The Bertz CT molecular complexity index is 1140. The van der Waals surface area contributed by atoms with Crippen LogP contribution < -0.4 is 14.4 Å². The number of nitrogens with zero attached hydrogens (tertiary/aromatic N) is 5. The van der Waals surface area contributed by atoms with E-state index in [1.165, 1.54) is 11.2 Å². The van der Waals surface area contributed by atoms with Gasteiger partial charge in [-0.2, -0.15) is 5.10 Å². The number of hydrogen-bond donors (Lipinski definition) is 0. The average Bonchev–Trinajstić information content (AvgIpc) is 3.41. The van der Waals surface area contributed by atoms with Gasteiger partial charge in [0.25, 0.3) is 5.78 Å². The van der Waals surface area contributed by atoms with Crippen molar-refractivity contribution in [2.75, 3.05) is 31.8 Å². The van der Waals surface area contributed by atoms with Crippen LogP contribution in [-0.4, -0.2) is 58.3 Å². The number of aromatic nitrogens is 3. The molecular formula is C22H21N5O4. The molecule has 0 saturated carbocycles. The molecule has 158 valence electrons. The zero-order chi connectivity index (χ0) is 21.5. The Morgan fingerprint density at radius 3 is 2.48 bits per heavy atom. The molecule has 0 N–H and O–H groups in total. The molecule has 0 saturated heterocycles. The Balaban J connectivity index is 1.36. The third-order valence-electron chi connectivity index (χ3n) is 5.72. The number of anilines is 1. The lowest BCUT2D eigenvalue weighted by atomic mass is 10.1. The van der Waals surface area contributed by atoms with E-state index in [2.05, 4.69) is 17.0 Å². The summed E-state index contributed by atoms with van der Waals surface area (Å²) < 4.78 is 12.9. The number of carbonyl (C=O) groups excluding carboxylic acids is 2. The first-order valence-electron chi connectivity index (χ1n) is 9.98.